The molecule has 0 saturated heterocycles. The highest BCUT2D eigenvalue weighted by Gasteiger charge is 2.37. The highest BCUT2D eigenvalue weighted by Crippen LogP contribution is 2.34. The highest BCUT2D eigenvalue weighted by molar-refractivity contribution is 5.72. The van der Waals surface area contributed by atoms with Gasteiger partial charge in [0, 0.05) is 11.1 Å². The van der Waals surface area contributed by atoms with E-state index in [1.807, 2.05) is 31.2 Å². The van der Waals surface area contributed by atoms with E-state index in [4.69, 9.17) is 0 Å². The second-order valence-corrected chi connectivity index (χ2v) is 8.27. The molecule has 0 unspecified atom stereocenters. The summed E-state index contributed by atoms with van der Waals surface area (Å²) < 4.78 is 95.6. The summed E-state index contributed by atoms with van der Waals surface area (Å²) in [4.78, 5) is 0. The molecule has 0 fully saturated rings. The first-order chi connectivity index (χ1) is 16.9. The van der Waals surface area contributed by atoms with Crippen LogP contribution in [-0.2, 0) is 6.18 Å². The van der Waals surface area contributed by atoms with Crippen molar-refractivity contribution in [3.05, 3.63) is 118 Å². The minimum atomic E-state index is -5.20. The number of hydrogen-bond acceptors (Lipinski definition) is 0. The van der Waals surface area contributed by atoms with E-state index in [1.165, 1.54) is 25.1 Å². The van der Waals surface area contributed by atoms with Crippen LogP contribution in [0.25, 0.3) is 22.3 Å². The summed E-state index contributed by atoms with van der Waals surface area (Å²) in [6.45, 7) is 3.46. The number of alkyl halides is 3. The van der Waals surface area contributed by atoms with E-state index >= 15 is 0 Å². The van der Waals surface area contributed by atoms with Gasteiger partial charge in [0.05, 0.1) is 5.56 Å². The molecule has 0 spiro atoms. The molecule has 4 aromatic rings. The summed E-state index contributed by atoms with van der Waals surface area (Å²) in [5.41, 5.74) is 0.757. The molecule has 0 nitrogen and oxygen atoms in total. The van der Waals surface area contributed by atoms with Gasteiger partial charge >= 0.3 is 6.18 Å². The molecule has 0 bridgehead atoms. The van der Waals surface area contributed by atoms with Gasteiger partial charge in [0.15, 0.2) is 0 Å². The topological polar surface area (TPSA) is 0 Å². The number of hydrogen-bond donors (Lipinski definition) is 0. The summed E-state index contributed by atoms with van der Waals surface area (Å²) in [6, 6.07) is 15.6. The SMILES string of the molecule is Cc1ccc(-c2ccc(-c3cc(C)c(C#Cc4cc(F)c(C(F)(F)F)c(F)c4)c(F)c3)c(F)c2)cc1. The van der Waals surface area contributed by atoms with Crippen LogP contribution < -0.4 is 0 Å². The Morgan fingerprint density at radius 1 is 0.583 bits per heavy atom. The quantitative estimate of drug-likeness (QED) is 0.192. The zero-order valence-corrected chi connectivity index (χ0v) is 19.0. The van der Waals surface area contributed by atoms with Crippen LogP contribution in [0.3, 0.4) is 0 Å². The van der Waals surface area contributed by atoms with E-state index in [-0.39, 0.29) is 16.7 Å². The molecule has 0 aliphatic carbocycles. The lowest BCUT2D eigenvalue weighted by atomic mass is 9.96. The molecule has 0 aromatic heterocycles. The van der Waals surface area contributed by atoms with E-state index in [1.54, 1.807) is 6.07 Å². The Hall–Kier alpha value is -4.05. The van der Waals surface area contributed by atoms with Gasteiger partial charge in [-0.2, -0.15) is 13.2 Å². The minimum Gasteiger partial charge on any atom is -0.206 e. The molecule has 0 heterocycles. The Morgan fingerprint density at radius 2 is 1.17 bits per heavy atom. The van der Waals surface area contributed by atoms with Gasteiger partial charge < -0.3 is 0 Å². The van der Waals surface area contributed by atoms with Gasteiger partial charge in [0.2, 0.25) is 0 Å². The van der Waals surface area contributed by atoms with Crippen LogP contribution in [0.5, 0.6) is 0 Å². The number of rotatable bonds is 2. The zero-order valence-electron chi connectivity index (χ0n) is 19.0. The molecule has 4 aromatic carbocycles. The third kappa shape index (κ3) is 5.13. The van der Waals surface area contributed by atoms with Crippen molar-refractivity contribution < 1.29 is 30.7 Å². The molecular formula is C29H17F7. The average Bonchev–Trinajstić information content (AvgIpc) is 2.77. The van der Waals surface area contributed by atoms with Crippen molar-refractivity contribution in [1.29, 1.82) is 0 Å². The third-order valence-electron chi connectivity index (χ3n) is 5.61. The maximum Gasteiger partial charge on any atom is 0.422 e. The Labute approximate surface area is 203 Å². The van der Waals surface area contributed by atoms with Crippen LogP contribution in [0.2, 0.25) is 0 Å². The summed E-state index contributed by atoms with van der Waals surface area (Å²) in [5, 5.41) is 0. The first-order valence-corrected chi connectivity index (χ1v) is 10.7. The van der Waals surface area contributed by atoms with Crippen molar-refractivity contribution in [3.63, 3.8) is 0 Å². The zero-order chi connectivity index (χ0) is 26.2. The Kier molecular flexibility index (Phi) is 6.64. The molecule has 7 heteroatoms. The van der Waals surface area contributed by atoms with Crippen LogP contribution in [0, 0.1) is 49.0 Å². The van der Waals surface area contributed by atoms with E-state index in [0.29, 0.717) is 23.3 Å². The number of aryl methyl sites for hydroxylation is 2. The lowest BCUT2D eigenvalue weighted by Gasteiger charge is -2.10. The van der Waals surface area contributed by atoms with Crippen LogP contribution in [-0.4, -0.2) is 0 Å². The summed E-state index contributed by atoms with van der Waals surface area (Å²) in [7, 11) is 0. The molecular weight excluding hydrogens is 481 g/mol. The molecule has 36 heavy (non-hydrogen) atoms. The predicted octanol–water partition coefficient (Wildman–Crippen LogP) is 8.61. The fraction of sp³-hybridized carbons (Fsp3) is 0.103. The van der Waals surface area contributed by atoms with Crippen LogP contribution in [0.4, 0.5) is 30.7 Å². The van der Waals surface area contributed by atoms with E-state index in [0.717, 1.165) is 17.2 Å². The Balaban J connectivity index is 1.66. The molecule has 4 rings (SSSR count). The second kappa shape index (κ2) is 9.54. The Bertz CT molecular complexity index is 1470. The molecule has 182 valence electrons. The maximum absolute atomic E-state index is 14.9. The normalized spacial score (nSPS) is 11.2. The fourth-order valence-electron chi connectivity index (χ4n) is 3.78. The highest BCUT2D eigenvalue weighted by atomic mass is 19.4. The maximum atomic E-state index is 14.9. The average molecular weight is 498 g/mol. The van der Waals surface area contributed by atoms with E-state index < -0.39 is 40.6 Å². The van der Waals surface area contributed by atoms with Crippen molar-refractivity contribution in [3.8, 4) is 34.1 Å². The summed E-state index contributed by atoms with van der Waals surface area (Å²) in [6.07, 6.45) is -5.20. The lowest BCUT2D eigenvalue weighted by Crippen LogP contribution is -2.11. The summed E-state index contributed by atoms with van der Waals surface area (Å²) in [5.74, 6) is -0.302. The fourth-order valence-corrected chi connectivity index (χ4v) is 3.78. The van der Waals surface area contributed by atoms with Crippen molar-refractivity contribution in [2.75, 3.05) is 0 Å². The molecule has 0 N–H and O–H groups in total. The minimum absolute atomic E-state index is 0.129. The molecule has 0 saturated carbocycles. The van der Waals surface area contributed by atoms with Gasteiger partial charge in [0.25, 0.3) is 0 Å². The number of halogens is 7. The van der Waals surface area contributed by atoms with Crippen molar-refractivity contribution in [2.24, 2.45) is 0 Å². The van der Waals surface area contributed by atoms with Crippen LogP contribution >= 0.6 is 0 Å². The smallest absolute Gasteiger partial charge is 0.206 e. The van der Waals surface area contributed by atoms with Crippen molar-refractivity contribution in [2.45, 2.75) is 20.0 Å². The van der Waals surface area contributed by atoms with E-state index in [2.05, 4.69) is 11.8 Å². The largest absolute Gasteiger partial charge is 0.422 e. The molecule has 0 radical (unpaired) electrons. The van der Waals surface area contributed by atoms with Gasteiger partial charge in [-0.3, -0.25) is 0 Å². The monoisotopic (exact) mass is 498 g/mol. The molecule has 0 amide bonds. The predicted molar refractivity (Wildman–Crippen MR) is 124 cm³/mol. The first-order valence-electron chi connectivity index (χ1n) is 10.7. The first kappa shape index (κ1) is 25.1. The van der Waals surface area contributed by atoms with Crippen molar-refractivity contribution in [1.82, 2.24) is 0 Å². The Morgan fingerprint density at radius 3 is 1.72 bits per heavy atom. The lowest BCUT2D eigenvalue weighted by molar-refractivity contribution is -0.142. The van der Waals surface area contributed by atoms with Crippen molar-refractivity contribution >= 4 is 0 Å². The van der Waals surface area contributed by atoms with Gasteiger partial charge in [-0.05, 0) is 66.4 Å². The van der Waals surface area contributed by atoms with Gasteiger partial charge in [-0.1, -0.05) is 53.8 Å². The number of benzene rings is 4. The molecule has 0 atom stereocenters. The molecule has 0 aliphatic rings. The molecule has 0 aliphatic heterocycles. The third-order valence-corrected chi connectivity index (χ3v) is 5.61. The van der Waals surface area contributed by atoms with Crippen LogP contribution in [0.15, 0.2) is 66.7 Å². The summed E-state index contributed by atoms with van der Waals surface area (Å²) >= 11 is 0. The standard InChI is InChI=1S/C29H17F7/c1-16-3-6-19(7-4-16)20-8-10-23(25(31)14-20)21-11-17(2)22(24(30)15-21)9-5-18-12-26(32)28(27(33)13-18)29(34,35)36/h3-4,6-8,10-15H,1-2H3. The van der Waals surface area contributed by atoms with Gasteiger partial charge in [0.1, 0.15) is 28.8 Å². The van der Waals surface area contributed by atoms with Gasteiger partial charge in [-0.25, -0.2) is 17.6 Å². The van der Waals surface area contributed by atoms with E-state index in [9.17, 15) is 30.7 Å². The second-order valence-electron chi connectivity index (χ2n) is 8.27. The van der Waals surface area contributed by atoms with Crippen LogP contribution in [0.1, 0.15) is 27.8 Å². The van der Waals surface area contributed by atoms with Gasteiger partial charge in [-0.15, -0.1) is 0 Å².